The molecule has 0 spiro atoms. The first-order chi connectivity index (χ1) is 9.03. The molecule has 2 rings (SSSR count). The molecular formula is C10H15N5O3S. The van der Waals surface area contributed by atoms with Crippen LogP contribution in [-0.4, -0.2) is 41.8 Å². The smallest absolute Gasteiger partial charge is 0.271 e. The number of carbonyl (C=O) groups is 1. The molecule has 2 heterocycles. The number of carbonyl (C=O) groups excluding carboxylic acids is 1. The van der Waals surface area contributed by atoms with Crippen LogP contribution in [0.5, 0.6) is 0 Å². The molecule has 9 heteroatoms. The van der Waals surface area contributed by atoms with Gasteiger partial charge in [-0.25, -0.2) is 24.2 Å². The van der Waals surface area contributed by atoms with Crippen molar-refractivity contribution in [3.8, 4) is 0 Å². The van der Waals surface area contributed by atoms with Crippen LogP contribution in [0.25, 0.3) is 0 Å². The van der Waals surface area contributed by atoms with Gasteiger partial charge in [0, 0.05) is 6.54 Å². The zero-order valence-corrected chi connectivity index (χ0v) is 11.0. The Labute approximate surface area is 110 Å². The Hall–Kier alpha value is -1.74. The van der Waals surface area contributed by atoms with Crippen LogP contribution in [0.3, 0.4) is 0 Å². The van der Waals surface area contributed by atoms with Crippen LogP contribution in [0.4, 0.5) is 5.82 Å². The molecule has 1 atom stereocenters. The van der Waals surface area contributed by atoms with Gasteiger partial charge in [0.25, 0.3) is 5.91 Å². The highest BCUT2D eigenvalue weighted by Crippen LogP contribution is 2.19. The molecule has 1 aliphatic rings. The maximum atomic E-state index is 11.8. The Bertz CT molecular complexity index is 557. The SMILES string of the molecule is NNc1cnc(C(=O)NCC2CCCS2(=O)=O)cn1. The molecule has 0 bridgehead atoms. The van der Waals surface area contributed by atoms with Gasteiger partial charge in [0.2, 0.25) is 0 Å². The molecule has 0 radical (unpaired) electrons. The molecule has 0 aromatic carbocycles. The van der Waals surface area contributed by atoms with Crippen molar-refractivity contribution >= 4 is 21.6 Å². The summed E-state index contributed by atoms with van der Waals surface area (Å²) < 4.78 is 23.2. The van der Waals surface area contributed by atoms with Gasteiger partial charge in [0.1, 0.15) is 5.69 Å². The lowest BCUT2D eigenvalue weighted by atomic mass is 10.2. The summed E-state index contributed by atoms with van der Waals surface area (Å²) in [7, 11) is -3.05. The number of anilines is 1. The summed E-state index contributed by atoms with van der Waals surface area (Å²) in [5, 5.41) is 2.07. The highest BCUT2D eigenvalue weighted by atomic mass is 32.2. The Morgan fingerprint density at radius 1 is 1.42 bits per heavy atom. The average Bonchev–Trinajstić information content (AvgIpc) is 2.75. The molecule has 1 saturated heterocycles. The van der Waals surface area contributed by atoms with Crippen LogP contribution < -0.4 is 16.6 Å². The number of hydrogen-bond donors (Lipinski definition) is 3. The van der Waals surface area contributed by atoms with E-state index in [1.165, 1.54) is 12.4 Å². The van der Waals surface area contributed by atoms with Gasteiger partial charge < -0.3 is 10.7 Å². The van der Waals surface area contributed by atoms with E-state index in [4.69, 9.17) is 5.84 Å². The molecule has 1 fully saturated rings. The molecule has 1 unspecified atom stereocenters. The van der Waals surface area contributed by atoms with Gasteiger partial charge in [-0.3, -0.25) is 4.79 Å². The maximum Gasteiger partial charge on any atom is 0.271 e. The zero-order valence-electron chi connectivity index (χ0n) is 10.2. The second-order valence-corrected chi connectivity index (χ2v) is 6.67. The van der Waals surface area contributed by atoms with Crippen molar-refractivity contribution in [2.45, 2.75) is 18.1 Å². The minimum Gasteiger partial charge on any atom is -0.349 e. The van der Waals surface area contributed by atoms with Crippen LogP contribution in [0.15, 0.2) is 12.4 Å². The highest BCUT2D eigenvalue weighted by Gasteiger charge is 2.31. The molecule has 104 valence electrons. The van der Waals surface area contributed by atoms with Gasteiger partial charge in [-0.2, -0.15) is 0 Å². The number of amides is 1. The van der Waals surface area contributed by atoms with Crippen molar-refractivity contribution in [3.05, 3.63) is 18.1 Å². The van der Waals surface area contributed by atoms with Crippen LogP contribution in [0, 0.1) is 0 Å². The number of sulfone groups is 1. The molecule has 1 aromatic heterocycles. The van der Waals surface area contributed by atoms with E-state index in [-0.39, 0.29) is 18.0 Å². The fourth-order valence-electron chi connectivity index (χ4n) is 1.90. The van der Waals surface area contributed by atoms with Crippen molar-refractivity contribution in [2.75, 3.05) is 17.7 Å². The molecule has 19 heavy (non-hydrogen) atoms. The largest absolute Gasteiger partial charge is 0.349 e. The standard InChI is InChI=1S/C10H15N5O3S/c11-15-9-6-12-8(5-13-9)10(16)14-4-7-2-1-3-19(7,17)18/h5-7H,1-4,11H2,(H,13,15)(H,14,16). The van der Waals surface area contributed by atoms with Crippen molar-refractivity contribution in [2.24, 2.45) is 5.84 Å². The van der Waals surface area contributed by atoms with E-state index in [0.717, 1.165) is 0 Å². The lowest BCUT2D eigenvalue weighted by Crippen LogP contribution is -2.35. The van der Waals surface area contributed by atoms with E-state index in [1.54, 1.807) is 0 Å². The van der Waals surface area contributed by atoms with Crippen molar-refractivity contribution in [3.63, 3.8) is 0 Å². The lowest BCUT2D eigenvalue weighted by molar-refractivity contribution is 0.0948. The monoisotopic (exact) mass is 285 g/mol. The second-order valence-electron chi connectivity index (χ2n) is 4.27. The maximum absolute atomic E-state index is 11.8. The third-order valence-corrected chi connectivity index (χ3v) is 5.26. The van der Waals surface area contributed by atoms with E-state index in [0.29, 0.717) is 18.7 Å². The Kier molecular flexibility index (Phi) is 3.96. The van der Waals surface area contributed by atoms with E-state index in [9.17, 15) is 13.2 Å². The quantitative estimate of drug-likeness (QED) is 0.481. The number of nitrogens with one attached hydrogen (secondary N) is 2. The molecule has 4 N–H and O–H groups in total. The summed E-state index contributed by atoms with van der Waals surface area (Å²) in [5.74, 6) is 5.22. The van der Waals surface area contributed by atoms with Crippen molar-refractivity contribution in [1.82, 2.24) is 15.3 Å². The third kappa shape index (κ3) is 3.18. The Morgan fingerprint density at radius 2 is 2.21 bits per heavy atom. The molecule has 8 nitrogen and oxygen atoms in total. The summed E-state index contributed by atoms with van der Waals surface area (Å²) >= 11 is 0. The number of hydrazine groups is 1. The number of nitrogens with two attached hydrogens (primary N) is 1. The van der Waals surface area contributed by atoms with Crippen LogP contribution >= 0.6 is 0 Å². The zero-order chi connectivity index (χ0) is 13.9. The average molecular weight is 285 g/mol. The van der Waals surface area contributed by atoms with Crippen molar-refractivity contribution in [1.29, 1.82) is 0 Å². The van der Waals surface area contributed by atoms with E-state index >= 15 is 0 Å². The van der Waals surface area contributed by atoms with Gasteiger partial charge in [0.15, 0.2) is 15.7 Å². The molecule has 1 aliphatic heterocycles. The van der Waals surface area contributed by atoms with E-state index in [1.807, 2.05) is 0 Å². The minimum atomic E-state index is -3.05. The molecule has 0 saturated carbocycles. The number of hydrogen-bond acceptors (Lipinski definition) is 7. The van der Waals surface area contributed by atoms with Crippen LogP contribution in [0.2, 0.25) is 0 Å². The number of nitrogens with zero attached hydrogens (tertiary/aromatic N) is 2. The predicted molar refractivity (Wildman–Crippen MR) is 69.0 cm³/mol. The number of aromatic nitrogens is 2. The Balaban J connectivity index is 1.94. The first-order valence-corrected chi connectivity index (χ1v) is 7.53. The summed E-state index contributed by atoms with van der Waals surface area (Å²) in [6.07, 6.45) is 3.83. The van der Waals surface area contributed by atoms with Gasteiger partial charge in [-0.15, -0.1) is 0 Å². The second kappa shape index (κ2) is 5.49. The van der Waals surface area contributed by atoms with Crippen LogP contribution in [0.1, 0.15) is 23.3 Å². The Morgan fingerprint density at radius 3 is 2.74 bits per heavy atom. The number of nitrogen functional groups attached to an aromatic ring is 1. The summed E-state index contributed by atoms with van der Waals surface area (Å²) in [5.41, 5.74) is 2.42. The molecule has 0 aliphatic carbocycles. The topological polar surface area (TPSA) is 127 Å². The summed E-state index contributed by atoms with van der Waals surface area (Å²) in [4.78, 5) is 19.5. The fourth-order valence-corrected chi connectivity index (χ4v) is 3.67. The normalized spacial score (nSPS) is 21.0. The highest BCUT2D eigenvalue weighted by molar-refractivity contribution is 7.92. The van der Waals surface area contributed by atoms with Gasteiger partial charge >= 0.3 is 0 Å². The van der Waals surface area contributed by atoms with Gasteiger partial charge in [-0.05, 0) is 12.8 Å². The molecule has 1 amide bonds. The number of rotatable bonds is 4. The molecular weight excluding hydrogens is 270 g/mol. The summed E-state index contributed by atoms with van der Waals surface area (Å²) in [6.45, 7) is 0.111. The predicted octanol–water partition coefficient (Wildman–Crippen LogP) is -0.931. The summed E-state index contributed by atoms with van der Waals surface area (Å²) in [6, 6.07) is 0. The minimum absolute atomic E-state index is 0.111. The van der Waals surface area contributed by atoms with E-state index in [2.05, 4.69) is 20.7 Å². The first-order valence-electron chi connectivity index (χ1n) is 5.81. The fraction of sp³-hybridized carbons (Fsp3) is 0.500. The van der Waals surface area contributed by atoms with Crippen molar-refractivity contribution < 1.29 is 13.2 Å². The van der Waals surface area contributed by atoms with E-state index < -0.39 is 21.0 Å². The van der Waals surface area contributed by atoms with Gasteiger partial charge in [0.05, 0.1) is 23.4 Å². The third-order valence-electron chi connectivity index (χ3n) is 2.99. The lowest BCUT2D eigenvalue weighted by Gasteiger charge is -2.10. The van der Waals surface area contributed by atoms with Gasteiger partial charge in [-0.1, -0.05) is 0 Å². The van der Waals surface area contributed by atoms with Crippen LogP contribution in [-0.2, 0) is 9.84 Å². The first kappa shape index (κ1) is 13.7. The molecule has 1 aromatic rings.